The third-order valence-corrected chi connectivity index (χ3v) is 4.12. The molecular weight excluding hydrogens is 206 g/mol. The van der Waals surface area contributed by atoms with Gasteiger partial charge in [0, 0.05) is 18.8 Å². The molecule has 1 saturated heterocycles. The van der Waals surface area contributed by atoms with E-state index in [1.54, 1.807) is 0 Å². The van der Waals surface area contributed by atoms with E-state index in [2.05, 4.69) is 5.32 Å². The predicted octanol–water partition coefficient (Wildman–Crippen LogP) is 0.516. The normalized spacial score (nSPS) is 20.4. The van der Waals surface area contributed by atoms with Crippen LogP contribution < -0.4 is 5.32 Å². The first-order valence-electron chi connectivity index (χ1n) is 4.57. The largest absolute Gasteiger partial charge is 0.313 e. The zero-order valence-electron chi connectivity index (χ0n) is 7.95. The standard InChI is InChI=1S/C8H17NO2S2/c1-13(10,11)7-4-9-8-2-5-12-6-3-8/h8-9H,2-7H2,1H3. The fourth-order valence-corrected chi connectivity index (χ4v) is 2.95. The van der Waals surface area contributed by atoms with Crippen molar-refractivity contribution in [1.82, 2.24) is 5.32 Å². The summed E-state index contributed by atoms with van der Waals surface area (Å²) in [5.74, 6) is 2.67. The smallest absolute Gasteiger partial charge is 0.148 e. The molecule has 0 radical (unpaired) electrons. The third-order valence-electron chi connectivity index (χ3n) is 2.13. The molecule has 0 spiro atoms. The Morgan fingerprint density at radius 3 is 2.54 bits per heavy atom. The van der Waals surface area contributed by atoms with Gasteiger partial charge < -0.3 is 5.32 Å². The Morgan fingerprint density at radius 1 is 1.38 bits per heavy atom. The maximum atomic E-state index is 10.8. The van der Waals surface area contributed by atoms with E-state index in [1.165, 1.54) is 30.6 Å². The molecule has 0 bridgehead atoms. The highest BCUT2D eigenvalue weighted by molar-refractivity contribution is 7.99. The summed E-state index contributed by atoms with van der Waals surface area (Å²) in [6.07, 6.45) is 3.63. The van der Waals surface area contributed by atoms with Crippen molar-refractivity contribution in [2.45, 2.75) is 18.9 Å². The van der Waals surface area contributed by atoms with Crippen molar-refractivity contribution in [2.24, 2.45) is 0 Å². The summed E-state index contributed by atoms with van der Waals surface area (Å²) in [6.45, 7) is 0.605. The highest BCUT2D eigenvalue weighted by Crippen LogP contribution is 2.16. The molecule has 0 aliphatic carbocycles. The van der Waals surface area contributed by atoms with Gasteiger partial charge in [0.15, 0.2) is 0 Å². The maximum Gasteiger partial charge on any atom is 0.148 e. The molecule has 1 aliphatic rings. The lowest BCUT2D eigenvalue weighted by molar-refractivity contribution is 0.495. The molecule has 0 unspecified atom stereocenters. The lowest BCUT2D eigenvalue weighted by Gasteiger charge is -2.22. The first-order chi connectivity index (χ1) is 6.08. The molecule has 0 saturated carbocycles. The van der Waals surface area contributed by atoms with Crippen molar-refractivity contribution in [3.8, 4) is 0 Å². The van der Waals surface area contributed by atoms with Crippen LogP contribution in [0.2, 0.25) is 0 Å². The van der Waals surface area contributed by atoms with Gasteiger partial charge in [0.1, 0.15) is 9.84 Å². The number of thioether (sulfide) groups is 1. The van der Waals surface area contributed by atoms with Gasteiger partial charge in [-0.1, -0.05) is 0 Å². The van der Waals surface area contributed by atoms with Gasteiger partial charge in [-0.05, 0) is 24.3 Å². The highest BCUT2D eigenvalue weighted by Gasteiger charge is 2.13. The van der Waals surface area contributed by atoms with Crippen molar-refractivity contribution in [2.75, 3.05) is 30.1 Å². The van der Waals surface area contributed by atoms with Crippen molar-refractivity contribution < 1.29 is 8.42 Å². The number of hydrogen-bond acceptors (Lipinski definition) is 4. The Hall–Kier alpha value is 0.260. The quantitative estimate of drug-likeness (QED) is 0.754. The summed E-state index contributed by atoms with van der Waals surface area (Å²) < 4.78 is 21.7. The fourth-order valence-electron chi connectivity index (χ4n) is 1.35. The van der Waals surface area contributed by atoms with Gasteiger partial charge in [-0.2, -0.15) is 11.8 Å². The molecule has 1 aliphatic heterocycles. The summed E-state index contributed by atoms with van der Waals surface area (Å²) in [6, 6.07) is 0.544. The van der Waals surface area contributed by atoms with E-state index in [0.29, 0.717) is 12.6 Å². The molecule has 0 atom stereocenters. The summed E-state index contributed by atoms with van der Waals surface area (Å²) in [4.78, 5) is 0. The van der Waals surface area contributed by atoms with Crippen LogP contribution >= 0.6 is 11.8 Å². The molecule has 1 heterocycles. The third kappa shape index (κ3) is 5.54. The average Bonchev–Trinajstić information content (AvgIpc) is 2.04. The summed E-state index contributed by atoms with van der Waals surface area (Å²) in [7, 11) is -2.79. The second-order valence-electron chi connectivity index (χ2n) is 3.47. The van der Waals surface area contributed by atoms with Crippen molar-refractivity contribution in [3.63, 3.8) is 0 Å². The molecule has 3 nitrogen and oxygen atoms in total. The van der Waals surface area contributed by atoms with Crippen molar-refractivity contribution in [1.29, 1.82) is 0 Å². The van der Waals surface area contributed by atoms with E-state index in [-0.39, 0.29) is 5.75 Å². The summed E-state index contributed by atoms with van der Waals surface area (Å²) in [5.41, 5.74) is 0. The molecule has 78 valence electrons. The van der Waals surface area contributed by atoms with Crippen LogP contribution in [0.1, 0.15) is 12.8 Å². The van der Waals surface area contributed by atoms with Crippen LogP contribution in [0.4, 0.5) is 0 Å². The number of hydrogen-bond donors (Lipinski definition) is 1. The lowest BCUT2D eigenvalue weighted by atomic mass is 10.1. The molecule has 0 aromatic heterocycles. The summed E-state index contributed by atoms with van der Waals surface area (Å²) >= 11 is 1.98. The van der Waals surface area contributed by atoms with Crippen molar-refractivity contribution >= 4 is 21.6 Å². The van der Waals surface area contributed by atoms with Crippen LogP contribution in [0.15, 0.2) is 0 Å². The highest BCUT2D eigenvalue weighted by atomic mass is 32.2. The van der Waals surface area contributed by atoms with E-state index < -0.39 is 9.84 Å². The van der Waals surface area contributed by atoms with Crippen LogP contribution in [0.3, 0.4) is 0 Å². The second-order valence-corrected chi connectivity index (χ2v) is 6.96. The van der Waals surface area contributed by atoms with Crippen LogP contribution in [0.25, 0.3) is 0 Å². The van der Waals surface area contributed by atoms with Crippen LogP contribution in [-0.2, 0) is 9.84 Å². The van der Waals surface area contributed by atoms with Gasteiger partial charge >= 0.3 is 0 Å². The molecule has 1 fully saturated rings. The Kier molecular flexibility index (Phi) is 4.55. The van der Waals surface area contributed by atoms with Gasteiger partial charge in [0.2, 0.25) is 0 Å². The van der Waals surface area contributed by atoms with E-state index in [1.807, 2.05) is 11.8 Å². The molecule has 13 heavy (non-hydrogen) atoms. The number of sulfone groups is 1. The minimum absolute atomic E-state index is 0.261. The zero-order chi connectivity index (χ0) is 9.73. The van der Waals surface area contributed by atoms with Gasteiger partial charge in [0.05, 0.1) is 5.75 Å². The van der Waals surface area contributed by atoms with E-state index >= 15 is 0 Å². The van der Waals surface area contributed by atoms with E-state index in [0.717, 1.165) is 0 Å². The SMILES string of the molecule is CS(=O)(=O)CCNC1CCSCC1. The molecule has 0 aromatic rings. The maximum absolute atomic E-state index is 10.8. The van der Waals surface area contributed by atoms with E-state index in [4.69, 9.17) is 0 Å². The molecule has 1 N–H and O–H groups in total. The molecule has 0 amide bonds. The monoisotopic (exact) mass is 223 g/mol. The number of nitrogens with one attached hydrogen (secondary N) is 1. The first-order valence-corrected chi connectivity index (χ1v) is 7.78. The second kappa shape index (κ2) is 5.22. The summed E-state index contributed by atoms with van der Waals surface area (Å²) in [5, 5.41) is 3.29. The molecular formula is C8H17NO2S2. The molecule has 5 heteroatoms. The lowest BCUT2D eigenvalue weighted by Crippen LogP contribution is -2.35. The van der Waals surface area contributed by atoms with E-state index in [9.17, 15) is 8.42 Å². The number of rotatable bonds is 4. The van der Waals surface area contributed by atoms with Crippen LogP contribution in [0.5, 0.6) is 0 Å². The average molecular weight is 223 g/mol. The van der Waals surface area contributed by atoms with Gasteiger partial charge in [-0.15, -0.1) is 0 Å². The Balaban J connectivity index is 2.11. The minimum atomic E-state index is -2.79. The van der Waals surface area contributed by atoms with Gasteiger partial charge in [-0.25, -0.2) is 8.42 Å². The fraction of sp³-hybridized carbons (Fsp3) is 1.00. The Bertz CT molecular complexity index is 233. The topological polar surface area (TPSA) is 46.2 Å². The minimum Gasteiger partial charge on any atom is -0.313 e. The van der Waals surface area contributed by atoms with Gasteiger partial charge in [-0.3, -0.25) is 0 Å². The molecule has 1 rings (SSSR count). The Labute approximate surface area is 84.6 Å². The zero-order valence-corrected chi connectivity index (χ0v) is 9.59. The van der Waals surface area contributed by atoms with Crippen LogP contribution in [-0.4, -0.2) is 44.5 Å². The van der Waals surface area contributed by atoms with Crippen molar-refractivity contribution in [3.05, 3.63) is 0 Å². The van der Waals surface area contributed by atoms with Gasteiger partial charge in [0.25, 0.3) is 0 Å². The predicted molar refractivity (Wildman–Crippen MR) is 58.1 cm³/mol. The first kappa shape index (κ1) is 11.3. The molecule has 0 aromatic carbocycles. The Morgan fingerprint density at radius 2 is 2.00 bits per heavy atom. The van der Waals surface area contributed by atoms with Crippen LogP contribution in [0, 0.1) is 0 Å².